The van der Waals surface area contributed by atoms with E-state index >= 15 is 0 Å². The molecule has 1 aromatic rings. The van der Waals surface area contributed by atoms with Crippen LogP contribution in [0.3, 0.4) is 0 Å². The minimum absolute atomic E-state index is 0.0229. The van der Waals surface area contributed by atoms with Crippen molar-refractivity contribution in [3.63, 3.8) is 0 Å². The Balaban J connectivity index is 1.85. The fourth-order valence-corrected chi connectivity index (χ4v) is 2.39. The molecule has 1 aliphatic rings. The van der Waals surface area contributed by atoms with E-state index in [2.05, 4.69) is 10.6 Å². The summed E-state index contributed by atoms with van der Waals surface area (Å²) in [5.74, 6) is -0.360. The fraction of sp³-hybridized carbons (Fsp3) is 0.467. The van der Waals surface area contributed by atoms with Crippen molar-refractivity contribution >= 4 is 11.8 Å². The highest BCUT2D eigenvalue weighted by Gasteiger charge is 2.26. The molecule has 1 atom stereocenters. The number of carbonyl (C=O) groups excluding carboxylic acids is 2. The zero-order chi connectivity index (χ0) is 15.2. The highest BCUT2D eigenvalue weighted by Crippen LogP contribution is 2.08. The first kappa shape index (κ1) is 15.4. The summed E-state index contributed by atoms with van der Waals surface area (Å²) in [5.41, 5.74) is 0.933. The van der Waals surface area contributed by atoms with Gasteiger partial charge in [-0.1, -0.05) is 12.1 Å². The van der Waals surface area contributed by atoms with Crippen molar-refractivity contribution in [2.24, 2.45) is 0 Å². The van der Waals surface area contributed by atoms with Crippen molar-refractivity contribution in [2.45, 2.75) is 18.9 Å². The zero-order valence-corrected chi connectivity index (χ0v) is 12.1. The Morgan fingerprint density at radius 2 is 2.10 bits per heavy atom. The van der Waals surface area contributed by atoms with Crippen LogP contribution in [0.2, 0.25) is 0 Å². The minimum atomic E-state index is -0.349. The van der Waals surface area contributed by atoms with E-state index in [1.54, 1.807) is 24.1 Å². The number of piperazine rings is 1. The van der Waals surface area contributed by atoms with Crippen LogP contribution in [0.15, 0.2) is 24.3 Å². The molecule has 21 heavy (non-hydrogen) atoms. The Hall–Kier alpha value is -1.95. The molecule has 1 fully saturated rings. The van der Waals surface area contributed by atoms with Gasteiger partial charge in [-0.15, -0.1) is 0 Å². The highest BCUT2D eigenvalue weighted by atomic mass is 19.1. The normalized spacial score (nSPS) is 18.4. The lowest BCUT2D eigenvalue weighted by atomic mass is 10.1. The molecule has 0 spiro atoms. The van der Waals surface area contributed by atoms with Crippen LogP contribution in [0, 0.1) is 5.82 Å². The number of halogens is 1. The SMILES string of the molecule is CNC(=O)[C@@H]1CN(C(=O)CCc2ccc(F)cc2)CCN1. The molecule has 0 unspecified atom stereocenters. The molecular weight excluding hydrogens is 273 g/mol. The maximum atomic E-state index is 12.8. The average molecular weight is 293 g/mol. The largest absolute Gasteiger partial charge is 0.358 e. The summed E-state index contributed by atoms with van der Waals surface area (Å²) in [6.45, 7) is 1.61. The van der Waals surface area contributed by atoms with E-state index in [9.17, 15) is 14.0 Å². The van der Waals surface area contributed by atoms with Gasteiger partial charge in [0.05, 0.1) is 0 Å². The molecule has 1 aliphatic heterocycles. The van der Waals surface area contributed by atoms with Gasteiger partial charge in [0.1, 0.15) is 11.9 Å². The van der Waals surface area contributed by atoms with Crippen LogP contribution < -0.4 is 10.6 Å². The average Bonchev–Trinajstić information content (AvgIpc) is 2.53. The first-order valence-corrected chi connectivity index (χ1v) is 7.07. The fourth-order valence-electron chi connectivity index (χ4n) is 2.39. The Kier molecular flexibility index (Phi) is 5.27. The van der Waals surface area contributed by atoms with Crippen molar-refractivity contribution in [2.75, 3.05) is 26.7 Å². The summed E-state index contributed by atoms with van der Waals surface area (Å²) >= 11 is 0. The van der Waals surface area contributed by atoms with Gasteiger partial charge in [-0.2, -0.15) is 0 Å². The van der Waals surface area contributed by atoms with Gasteiger partial charge in [0.2, 0.25) is 11.8 Å². The van der Waals surface area contributed by atoms with Crippen molar-refractivity contribution in [3.8, 4) is 0 Å². The van der Waals surface area contributed by atoms with E-state index in [1.807, 2.05) is 0 Å². The maximum Gasteiger partial charge on any atom is 0.238 e. The van der Waals surface area contributed by atoms with Gasteiger partial charge in [0.15, 0.2) is 0 Å². The molecule has 1 saturated heterocycles. The Labute approximate surface area is 123 Å². The molecule has 0 aliphatic carbocycles. The summed E-state index contributed by atoms with van der Waals surface area (Å²) in [5, 5.41) is 5.67. The molecular formula is C15H20FN3O2. The summed E-state index contributed by atoms with van der Waals surface area (Å²) in [6, 6.07) is 5.82. The number of amides is 2. The number of benzene rings is 1. The smallest absolute Gasteiger partial charge is 0.238 e. The molecule has 0 aromatic heterocycles. The van der Waals surface area contributed by atoms with E-state index in [0.29, 0.717) is 32.5 Å². The van der Waals surface area contributed by atoms with Gasteiger partial charge in [-0.3, -0.25) is 9.59 Å². The third kappa shape index (κ3) is 4.26. The molecule has 6 heteroatoms. The lowest BCUT2D eigenvalue weighted by Crippen LogP contribution is -2.57. The predicted molar refractivity (Wildman–Crippen MR) is 77.2 cm³/mol. The van der Waals surface area contributed by atoms with Crippen LogP contribution in [0.25, 0.3) is 0 Å². The van der Waals surface area contributed by atoms with Gasteiger partial charge in [0.25, 0.3) is 0 Å². The third-order valence-electron chi connectivity index (χ3n) is 3.63. The number of nitrogens with one attached hydrogen (secondary N) is 2. The van der Waals surface area contributed by atoms with Gasteiger partial charge in [-0.25, -0.2) is 4.39 Å². The lowest BCUT2D eigenvalue weighted by Gasteiger charge is -2.32. The predicted octanol–water partition coefficient (Wildman–Crippen LogP) is 0.305. The Morgan fingerprint density at radius 1 is 1.38 bits per heavy atom. The van der Waals surface area contributed by atoms with Crippen molar-refractivity contribution in [1.82, 2.24) is 15.5 Å². The van der Waals surface area contributed by atoms with E-state index in [1.165, 1.54) is 12.1 Å². The molecule has 5 nitrogen and oxygen atoms in total. The second kappa shape index (κ2) is 7.17. The topological polar surface area (TPSA) is 61.4 Å². The number of likely N-dealkylation sites (N-methyl/N-ethyl adjacent to an activating group) is 1. The van der Waals surface area contributed by atoms with E-state index < -0.39 is 0 Å². The van der Waals surface area contributed by atoms with Crippen LogP contribution >= 0.6 is 0 Å². The molecule has 2 rings (SSSR count). The lowest BCUT2D eigenvalue weighted by molar-refractivity contribution is -0.134. The second-order valence-electron chi connectivity index (χ2n) is 5.09. The number of carbonyl (C=O) groups is 2. The summed E-state index contributed by atoms with van der Waals surface area (Å²) < 4.78 is 12.8. The highest BCUT2D eigenvalue weighted by molar-refractivity contribution is 5.83. The number of hydrogen-bond acceptors (Lipinski definition) is 3. The van der Waals surface area contributed by atoms with Crippen molar-refractivity contribution in [3.05, 3.63) is 35.6 Å². The third-order valence-corrected chi connectivity index (χ3v) is 3.63. The van der Waals surface area contributed by atoms with E-state index in [-0.39, 0.29) is 23.7 Å². The quantitative estimate of drug-likeness (QED) is 0.839. The summed E-state index contributed by atoms with van der Waals surface area (Å²) in [7, 11) is 1.58. The van der Waals surface area contributed by atoms with Gasteiger partial charge < -0.3 is 15.5 Å². The number of aryl methyl sites for hydroxylation is 1. The Bertz CT molecular complexity index is 504. The minimum Gasteiger partial charge on any atom is -0.358 e. The number of hydrogen-bond donors (Lipinski definition) is 2. The van der Waals surface area contributed by atoms with Crippen molar-refractivity contribution < 1.29 is 14.0 Å². The van der Waals surface area contributed by atoms with Gasteiger partial charge in [-0.05, 0) is 24.1 Å². The molecule has 114 valence electrons. The van der Waals surface area contributed by atoms with Crippen LogP contribution in [0.1, 0.15) is 12.0 Å². The molecule has 0 saturated carbocycles. The standard InChI is InChI=1S/C15H20FN3O2/c1-17-15(21)13-10-19(9-8-18-13)14(20)7-4-11-2-5-12(16)6-3-11/h2-3,5-6,13,18H,4,7-10H2,1H3,(H,17,21)/t13-/m0/s1. The number of nitrogens with zero attached hydrogens (tertiary/aromatic N) is 1. The monoisotopic (exact) mass is 293 g/mol. The van der Waals surface area contributed by atoms with Gasteiger partial charge >= 0.3 is 0 Å². The van der Waals surface area contributed by atoms with E-state index in [0.717, 1.165) is 5.56 Å². The zero-order valence-electron chi connectivity index (χ0n) is 12.1. The summed E-state index contributed by atoms with van der Waals surface area (Å²) in [6.07, 6.45) is 0.944. The molecule has 0 radical (unpaired) electrons. The van der Waals surface area contributed by atoms with Crippen LogP contribution in [0.5, 0.6) is 0 Å². The van der Waals surface area contributed by atoms with E-state index in [4.69, 9.17) is 0 Å². The van der Waals surface area contributed by atoms with Crippen LogP contribution in [-0.2, 0) is 16.0 Å². The second-order valence-corrected chi connectivity index (χ2v) is 5.09. The summed E-state index contributed by atoms with van der Waals surface area (Å²) in [4.78, 5) is 25.5. The Morgan fingerprint density at radius 3 is 2.76 bits per heavy atom. The number of rotatable bonds is 4. The van der Waals surface area contributed by atoms with Crippen LogP contribution in [-0.4, -0.2) is 49.4 Å². The van der Waals surface area contributed by atoms with Crippen LogP contribution in [0.4, 0.5) is 4.39 Å². The molecule has 2 N–H and O–H groups in total. The van der Waals surface area contributed by atoms with Gasteiger partial charge in [0, 0.05) is 33.1 Å². The maximum absolute atomic E-state index is 12.8. The van der Waals surface area contributed by atoms with Crippen molar-refractivity contribution in [1.29, 1.82) is 0 Å². The molecule has 0 bridgehead atoms. The first-order valence-electron chi connectivity index (χ1n) is 7.07. The molecule has 2 amide bonds. The molecule has 1 aromatic carbocycles. The first-order chi connectivity index (χ1) is 10.1. The molecule has 1 heterocycles.